The van der Waals surface area contributed by atoms with Crippen LogP contribution >= 0.6 is 0 Å². The molecule has 2 rings (SSSR count). The Balaban J connectivity index is 2.09. The van der Waals surface area contributed by atoms with Crippen LogP contribution in [0.25, 0.3) is 0 Å². The highest BCUT2D eigenvalue weighted by atomic mass is 16.2. The van der Waals surface area contributed by atoms with Gasteiger partial charge in [0.1, 0.15) is 0 Å². The first-order valence-electron chi connectivity index (χ1n) is 8.19. The lowest BCUT2D eigenvalue weighted by molar-refractivity contribution is 0.0955. The summed E-state index contributed by atoms with van der Waals surface area (Å²) in [6.07, 6.45) is 4.27. The van der Waals surface area contributed by atoms with E-state index in [1.54, 1.807) is 0 Å². The van der Waals surface area contributed by atoms with Crippen LogP contribution in [0, 0.1) is 6.92 Å². The maximum atomic E-state index is 12.2. The van der Waals surface area contributed by atoms with E-state index >= 15 is 0 Å². The Hall–Kier alpha value is -2.42. The van der Waals surface area contributed by atoms with Crippen LogP contribution < -0.4 is 5.43 Å². The van der Waals surface area contributed by atoms with Gasteiger partial charge in [0.25, 0.3) is 5.91 Å². The first kappa shape index (κ1) is 16.9. The number of hydrazone groups is 1. The van der Waals surface area contributed by atoms with Gasteiger partial charge in [-0.3, -0.25) is 4.79 Å². The smallest absolute Gasteiger partial charge is 0.267 e. The monoisotopic (exact) mass is 308 g/mol. The van der Waals surface area contributed by atoms with Gasteiger partial charge in [0.15, 0.2) is 0 Å². The van der Waals surface area contributed by atoms with Crippen LogP contribution in [0.15, 0.2) is 59.7 Å². The third kappa shape index (κ3) is 5.37. The molecule has 0 atom stereocenters. The van der Waals surface area contributed by atoms with Crippen molar-refractivity contribution in [1.29, 1.82) is 0 Å². The Morgan fingerprint density at radius 3 is 2.30 bits per heavy atom. The summed E-state index contributed by atoms with van der Waals surface area (Å²) in [6.45, 7) is 4.18. The van der Waals surface area contributed by atoms with Crippen LogP contribution in [-0.2, 0) is 0 Å². The van der Waals surface area contributed by atoms with E-state index in [1.807, 2.05) is 61.5 Å². The van der Waals surface area contributed by atoms with Crippen LogP contribution in [-0.4, -0.2) is 11.6 Å². The van der Waals surface area contributed by atoms with E-state index < -0.39 is 0 Å². The van der Waals surface area contributed by atoms with Crippen molar-refractivity contribution in [3.05, 3.63) is 71.3 Å². The van der Waals surface area contributed by atoms with Crippen LogP contribution in [0.3, 0.4) is 0 Å². The Bertz CT molecular complexity index is 645. The van der Waals surface area contributed by atoms with E-state index in [-0.39, 0.29) is 5.91 Å². The average Bonchev–Trinajstić information content (AvgIpc) is 2.59. The highest BCUT2D eigenvalue weighted by Crippen LogP contribution is 2.09. The molecule has 2 aromatic rings. The number of benzene rings is 2. The van der Waals surface area contributed by atoms with E-state index in [0.717, 1.165) is 42.5 Å². The quantitative estimate of drug-likeness (QED) is 0.449. The van der Waals surface area contributed by atoms with Crippen molar-refractivity contribution in [3.63, 3.8) is 0 Å². The predicted octanol–water partition coefficient (Wildman–Crippen LogP) is 4.71. The third-order valence-corrected chi connectivity index (χ3v) is 3.73. The highest BCUT2D eigenvalue weighted by Gasteiger charge is 2.07. The number of unbranched alkanes of at least 4 members (excludes halogenated alkanes) is 2. The number of nitrogens with one attached hydrogen (secondary N) is 1. The van der Waals surface area contributed by atoms with Gasteiger partial charge in [0.05, 0.1) is 5.71 Å². The van der Waals surface area contributed by atoms with Crippen molar-refractivity contribution >= 4 is 11.6 Å². The summed E-state index contributed by atoms with van der Waals surface area (Å²) in [7, 11) is 0. The second kappa shape index (κ2) is 8.89. The minimum atomic E-state index is -0.172. The summed E-state index contributed by atoms with van der Waals surface area (Å²) < 4.78 is 0. The number of nitrogens with zero attached hydrogens (tertiary/aromatic N) is 1. The molecule has 0 bridgehead atoms. The molecule has 0 saturated carbocycles. The first-order chi connectivity index (χ1) is 11.2. The molecule has 0 radical (unpaired) electrons. The van der Waals surface area contributed by atoms with Crippen molar-refractivity contribution in [1.82, 2.24) is 5.43 Å². The molecule has 0 fully saturated rings. The molecular formula is C20H24N2O. The molecular weight excluding hydrogens is 284 g/mol. The summed E-state index contributed by atoms with van der Waals surface area (Å²) in [5, 5.41) is 4.38. The second-order valence-corrected chi connectivity index (χ2v) is 5.69. The Morgan fingerprint density at radius 1 is 0.957 bits per heavy atom. The van der Waals surface area contributed by atoms with Gasteiger partial charge in [0, 0.05) is 5.56 Å². The van der Waals surface area contributed by atoms with E-state index in [2.05, 4.69) is 17.5 Å². The molecule has 1 amide bonds. The molecule has 0 saturated heterocycles. The van der Waals surface area contributed by atoms with Crippen molar-refractivity contribution < 1.29 is 4.79 Å². The number of hydrogen-bond acceptors (Lipinski definition) is 2. The molecule has 0 aliphatic rings. The Labute approximate surface area is 138 Å². The summed E-state index contributed by atoms with van der Waals surface area (Å²) in [4.78, 5) is 12.2. The molecule has 0 heterocycles. The lowest BCUT2D eigenvalue weighted by atomic mass is 10.0. The standard InChI is InChI=1S/C20H24N2O/c1-3-4-6-11-19(17-9-7-5-8-10-17)21-22-20(23)18-14-12-16(2)13-15-18/h5,7-10,12-15H,3-4,6,11H2,1-2H3,(H,22,23)/b21-19+. The number of carbonyl (C=O) groups is 1. The van der Waals surface area contributed by atoms with Crippen molar-refractivity contribution in [2.45, 2.75) is 39.5 Å². The third-order valence-electron chi connectivity index (χ3n) is 3.73. The van der Waals surface area contributed by atoms with Crippen LogP contribution in [0.5, 0.6) is 0 Å². The minimum absolute atomic E-state index is 0.172. The fourth-order valence-corrected chi connectivity index (χ4v) is 2.33. The molecule has 1 N–H and O–H groups in total. The minimum Gasteiger partial charge on any atom is -0.267 e. The molecule has 0 aromatic heterocycles. The predicted molar refractivity (Wildman–Crippen MR) is 95.8 cm³/mol. The maximum absolute atomic E-state index is 12.2. The second-order valence-electron chi connectivity index (χ2n) is 5.69. The van der Waals surface area contributed by atoms with Gasteiger partial charge in [-0.25, -0.2) is 5.43 Å². The summed E-state index contributed by atoms with van der Waals surface area (Å²) in [5.41, 5.74) is 6.45. The SMILES string of the molecule is CCCCC/C(=N\NC(=O)c1ccc(C)cc1)c1ccccc1. The van der Waals surface area contributed by atoms with Crippen molar-refractivity contribution in [2.75, 3.05) is 0 Å². The average molecular weight is 308 g/mol. The van der Waals surface area contributed by atoms with Crippen LogP contribution in [0.2, 0.25) is 0 Å². The number of amides is 1. The maximum Gasteiger partial charge on any atom is 0.271 e. The van der Waals surface area contributed by atoms with Crippen LogP contribution in [0.1, 0.15) is 54.1 Å². The number of hydrogen-bond donors (Lipinski definition) is 1. The van der Waals surface area contributed by atoms with Crippen LogP contribution in [0.4, 0.5) is 0 Å². The lowest BCUT2D eigenvalue weighted by Crippen LogP contribution is -2.20. The molecule has 2 aromatic carbocycles. The summed E-state index contributed by atoms with van der Waals surface area (Å²) in [5.74, 6) is -0.172. The molecule has 3 heteroatoms. The topological polar surface area (TPSA) is 41.5 Å². The zero-order valence-corrected chi connectivity index (χ0v) is 13.9. The highest BCUT2D eigenvalue weighted by molar-refractivity contribution is 6.02. The zero-order valence-electron chi connectivity index (χ0n) is 13.9. The van der Waals surface area contributed by atoms with Crippen molar-refractivity contribution in [2.24, 2.45) is 5.10 Å². The first-order valence-corrected chi connectivity index (χ1v) is 8.19. The zero-order chi connectivity index (χ0) is 16.5. The largest absolute Gasteiger partial charge is 0.271 e. The normalized spacial score (nSPS) is 11.3. The molecule has 0 aliphatic carbocycles. The van der Waals surface area contributed by atoms with E-state index in [4.69, 9.17) is 0 Å². The Kier molecular flexibility index (Phi) is 6.55. The summed E-state index contributed by atoms with van der Waals surface area (Å²) >= 11 is 0. The van der Waals surface area contributed by atoms with Gasteiger partial charge in [-0.05, 0) is 37.5 Å². The van der Waals surface area contributed by atoms with E-state index in [0.29, 0.717) is 5.56 Å². The Morgan fingerprint density at radius 2 is 1.65 bits per heavy atom. The number of rotatable bonds is 7. The fraction of sp³-hybridized carbons (Fsp3) is 0.300. The molecule has 0 unspecified atom stereocenters. The van der Waals surface area contributed by atoms with Gasteiger partial charge in [-0.2, -0.15) is 5.10 Å². The van der Waals surface area contributed by atoms with Crippen molar-refractivity contribution in [3.8, 4) is 0 Å². The molecule has 0 spiro atoms. The van der Waals surface area contributed by atoms with Gasteiger partial charge in [-0.15, -0.1) is 0 Å². The van der Waals surface area contributed by atoms with E-state index in [9.17, 15) is 4.79 Å². The molecule has 120 valence electrons. The van der Waals surface area contributed by atoms with Gasteiger partial charge < -0.3 is 0 Å². The van der Waals surface area contributed by atoms with E-state index in [1.165, 1.54) is 0 Å². The lowest BCUT2D eigenvalue weighted by Gasteiger charge is -2.08. The summed E-state index contributed by atoms with van der Waals surface area (Å²) in [6, 6.07) is 17.5. The molecule has 0 aliphatic heterocycles. The molecule has 23 heavy (non-hydrogen) atoms. The van der Waals surface area contributed by atoms with Gasteiger partial charge in [0.2, 0.25) is 0 Å². The fourth-order valence-electron chi connectivity index (χ4n) is 2.33. The number of carbonyl (C=O) groups excluding carboxylic acids is 1. The van der Waals surface area contributed by atoms with Gasteiger partial charge >= 0.3 is 0 Å². The molecule has 3 nitrogen and oxygen atoms in total. The van der Waals surface area contributed by atoms with Gasteiger partial charge in [-0.1, -0.05) is 67.8 Å². The number of aryl methyl sites for hydroxylation is 1.